The Morgan fingerprint density at radius 1 is 1.14 bits per heavy atom. The van der Waals surface area contributed by atoms with Crippen LogP contribution in [-0.4, -0.2) is 44.8 Å². The molecule has 2 fully saturated rings. The van der Waals surface area contributed by atoms with Crippen molar-refractivity contribution in [2.45, 2.75) is 23.5 Å². The van der Waals surface area contributed by atoms with Crippen LogP contribution in [0, 0.1) is 11.3 Å². The molecule has 0 aromatic heterocycles. The summed E-state index contributed by atoms with van der Waals surface area (Å²) >= 11 is 0. The zero-order valence-corrected chi connectivity index (χ0v) is 12.3. The summed E-state index contributed by atoms with van der Waals surface area (Å²) in [5, 5.41) is 9.07. The third kappa shape index (κ3) is 2.56. The van der Waals surface area contributed by atoms with Gasteiger partial charge in [-0.15, -0.1) is 0 Å². The maximum absolute atomic E-state index is 12.7. The molecule has 112 valence electrons. The van der Waals surface area contributed by atoms with E-state index in [-0.39, 0.29) is 10.5 Å². The van der Waals surface area contributed by atoms with Gasteiger partial charge < -0.3 is 9.47 Å². The number of rotatable bonds is 2. The summed E-state index contributed by atoms with van der Waals surface area (Å²) in [6.07, 6.45) is 1.03. The highest BCUT2D eigenvalue weighted by molar-refractivity contribution is 7.89. The second-order valence-corrected chi connectivity index (χ2v) is 7.03. The third-order valence-electron chi connectivity index (χ3n) is 3.92. The lowest BCUT2D eigenvalue weighted by atomic mass is 10.1. The van der Waals surface area contributed by atoms with Gasteiger partial charge >= 0.3 is 0 Å². The number of piperidine rings is 1. The first kappa shape index (κ1) is 14.5. The van der Waals surface area contributed by atoms with Gasteiger partial charge in [-0.3, -0.25) is 0 Å². The Morgan fingerprint density at radius 2 is 1.76 bits per heavy atom. The number of nitriles is 1. The van der Waals surface area contributed by atoms with Crippen LogP contribution in [0.25, 0.3) is 0 Å². The number of hydrogen-bond donors (Lipinski definition) is 0. The standard InChI is InChI=1S/C14H16N2O4S/c15-11-12-3-1-2-4-13(12)21(17,18)16-7-5-14(6-8-16)19-9-10-20-14/h1-4H,5-10H2. The molecule has 0 atom stereocenters. The van der Waals surface area contributed by atoms with Gasteiger partial charge in [0.2, 0.25) is 10.0 Å². The van der Waals surface area contributed by atoms with Crippen LogP contribution in [0.1, 0.15) is 18.4 Å². The number of ether oxygens (including phenoxy) is 2. The van der Waals surface area contributed by atoms with Crippen LogP contribution in [0.5, 0.6) is 0 Å². The molecule has 1 aromatic rings. The largest absolute Gasteiger partial charge is 0.347 e. The summed E-state index contributed by atoms with van der Waals surface area (Å²) in [5.74, 6) is -0.610. The fourth-order valence-corrected chi connectivity index (χ4v) is 4.36. The molecule has 1 aromatic carbocycles. The Balaban J connectivity index is 1.82. The van der Waals surface area contributed by atoms with Crippen LogP contribution in [0.2, 0.25) is 0 Å². The first-order chi connectivity index (χ1) is 10.1. The molecule has 0 unspecified atom stereocenters. The predicted molar refractivity (Wildman–Crippen MR) is 73.8 cm³/mol. The lowest BCUT2D eigenvalue weighted by molar-refractivity contribution is -0.179. The van der Waals surface area contributed by atoms with Crippen LogP contribution in [0.15, 0.2) is 29.2 Å². The van der Waals surface area contributed by atoms with Crippen molar-refractivity contribution in [3.63, 3.8) is 0 Å². The molecule has 2 aliphatic rings. The Bertz CT molecular complexity index is 664. The fraction of sp³-hybridized carbons (Fsp3) is 0.500. The van der Waals surface area contributed by atoms with Crippen LogP contribution in [0.4, 0.5) is 0 Å². The van der Waals surface area contributed by atoms with Crippen molar-refractivity contribution in [1.82, 2.24) is 4.31 Å². The summed E-state index contributed by atoms with van der Waals surface area (Å²) in [5.41, 5.74) is 0.172. The summed E-state index contributed by atoms with van der Waals surface area (Å²) in [7, 11) is -3.65. The van der Waals surface area contributed by atoms with Gasteiger partial charge in [0.05, 0.1) is 23.7 Å². The maximum Gasteiger partial charge on any atom is 0.244 e. The van der Waals surface area contributed by atoms with E-state index in [1.807, 2.05) is 6.07 Å². The van der Waals surface area contributed by atoms with Crippen molar-refractivity contribution in [2.24, 2.45) is 0 Å². The van der Waals surface area contributed by atoms with Gasteiger partial charge in [0.1, 0.15) is 6.07 Å². The van der Waals surface area contributed by atoms with Crippen molar-refractivity contribution < 1.29 is 17.9 Å². The first-order valence-electron chi connectivity index (χ1n) is 6.85. The maximum atomic E-state index is 12.7. The molecule has 2 saturated heterocycles. The lowest BCUT2D eigenvalue weighted by Gasteiger charge is -2.36. The average molecular weight is 308 g/mol. The van der Waals surface area contributed by atoms with Crippen LogP contribution >= 0.6 is 0 Å². The molecule has 2 aliphatic heterocycles. The minimum absolute atomic E-state index is 0.0664. The molecule has 6 nitrogen and oxygen atoms in total. The van der Waals surface area contributed by atoms with E-state index in [1.54, 1.807) is 12.1 Å². The van der Waals surface area contributed by atoms with Crippen molar-refractivity contribution in [3.05, 3.63) is 29.8 Å². The van der Waals surface area contributed by atoms with Crippen molar-refractivity contribution in [2.75, 3.05) is 26.3 Å². The van der Waals surface area contributed by atoms with Crippen LogP contribution in [-0.2, 0) is 19.5 Å². The Labute approximate surface area is 123 Å². The van der Waals surface area contributed by atoms with E-state index >= 15 is 0 Å². The van der Waals surface area contributed by atoms with Gasteiger partial charge in [-0.1, -0.05) is 12.1 Å². The first-order valence-corrected chi connectivity index (χ1v) is 8.29. The minimum atomic E-state index is -3.65. The molecular weight excluding hydrogens is 292 g/mol. The highest BCUT2D eigenvalue weighted by atomic mass is 32.2. The topological polar surface area (TPSA) is 79.6 Å². The van der Waals surface area contributed by atoms with E-state index in [1.165, 1.54) is 16.4 Å². The van der Waals surface area contributed by atoms with Gasteiger partial charge in [-0.25, -0.2) is 8.42 Å². The molecule has 0 N–H and O–H groups in total. The van der Waals surface area contributed by atoms with E-state index in [2.05, 4.69) is 0 Å². The van der Waals surface area contributed by atoms with E-state index < -0.39 is 15.8 Å². The van der Waals surface area contributed by atoms with Crippen molar-refractivity contribution in [1.29, 1.82) is 5.26 Å². The molecule has 0 bridgehead atoms. The zero-order chi connectivity index (χ0) is 14.9. The fourth-order valence-electron chi connectivity index (χ4n) is 2.78. The van der Waals surface area contributed by atoms with E-state index in [0.717, 1.165) is 0 Å². The number of benzene rings is 1. The SMILES string of the molecule is N#Cc1ccccc1S(=O)(=O)N1CCC2(CC1)OCCO2. The molecule has 7 heteroatoms. The molecule has 0 saturated carbocycles. The monoisotopic (exact) mass is 308 g/mol. The number of nitrogens with zero attached hydrogens (tertiary/aromatic N) is 2. The molecule has 0 amide bonds. The normalized spacial score (nSPS) is 22.2. The van der Waals surface area contributed by atoms with Crippen molar-refractivity contribution >= 4 is 10.0 Å². The van der Waals surface area contributed by atoms with Gasteiger partial charge in [0, 0.05) is 25.9 Å². The smallest absolute Gasteiger partial charge is 0.244 e. The van der Waals surface area contributed by atoms with Gasteiger partial charge in [0.25, 0.3) is 0 Å². The molecule has 2 heterocycles. The summed E-state index contributed by atoms with van der Waals surface area (Å²) < 4.78 is 37.9. The molecule has 3 rings (SSSR count). The second kappa shape index (κ2) is 5.39. The molecule has 0 radical (unpaired) electrons. The Hall–Kier alpha value is -1.46. The van der Waals surface area contributed by atoms with E-state index in [0.29, 0.717) is 39.1 Å². The second-order valence-electron chi connectivity index (χ2n) is 5.12. The highest BCUT2D eigenvalue weighted by Gasteiger charge is 2.42. The molecule has 21 heavy (non-hydrogen) atoms. The molecular formula is C14H16N2O4S. The minimum Gasteiger partial charge on any atom is -0.347 e. The average Bonchev–Trinajstić information content (AvgIpc) is 2.96. The highest BCUT2D eigenvalue weighted by Crippen LogP contribution is 2.33. The predicted octanol–water partition coefficient (Wildman–Crippen LogP) is 1.09. The number of sulfonamides is 1. The quantitative estimate of drug-likeness (QED) is 0.817. The van der Waals surface area contributed by atoms with Gasteiger partial charge in [-0.05, 0) is 12.1 Å². The lowest BCUT2D eigenvalue weighted by Crippen LogP contribution is -2.47. The van der Waals surface area contributed by atoms with Gasteiger partial charge in [-0.2, -0.15) is 9.57 Å². The molecule has 1 spiro atoms. The Morgan fingerprint density at radius 3 is 2.38 bits per heavy atom. The van der Waals surface area contributed by atoms with Gasteiger partial charge in [0.15, 0.2) is 5.79 Å². The summed E-state index contributed by atoms with van der Waals surface area (Å²) in [4.78, 5) is 0.0664. The molecule has 0 aliphatic carbocycles. The third-order valence-corrected chi connectivity index (χ3v) is 5.88. The van der Waals surface area contributed by atoms with Crippen LogP contribution in [0.3, 0.4) is 0 Å². The number of hydrogen-bond acceptors (Lipinski definition) is 5. The van der Waals surface area contributed by atoms with E-state index in [9.17, 15) is 8.42 Å². The van der Waals surface area contributed by atoms with E-state index in [4.69, 9.17) is 14.7 Å². The zero-order valence-electron chi connectivity index (χ0n) is 11.5. The summed E-state index contributed by atoms with van der Waals surface area (Å²) in [6, 6.07) is 8.21. The van der Waals surface area contributed by atoms with Crippen LogP contribution < -0.4 is 0 Å². The summed E-state index contributed by atoms with van der Waals surface area (Å²) in [6.45, 7) is 1.79. The van der Waals surface area contributed by atoms with Crippen molar-refractivity contribution in [3.8, 4) is 6.07 Å². The Kier molecular flexibility index (Phi) is 3.71.